The van der Waals surface area contributed by atoms with Crippen molar-refractivity contribution in [3.8, 4) is 6.07 Å². The van der Waals surface area contributed by atoms with Gasteiger partial charge >= 0.3 is 0 Å². The fourth-order valence-electron chi connectivity index (χ4n) is 2.41. The zero-order valence-electron chi connectivity index (χ0n) is 13.2. The van der Waals surface area contributed by atoms with Crippen LogP contribution in [0, 0.1) is 11.3 Å². The number of aromatic nitrogens is 4. The zero-order chi connectivity index (χ0) is 16.8. The molecule has 2 aromatic rings. The molecule has 2 aromatic heterocycles. The summed E-state index contributed by atoms with van der Waals surface area (Å²) in [5.74, 6) is 1.85. The summed E-state index contributed by atoms with van der Waals surface area (Å²) in [6, 6.07) is 4.05. The van der Waals surface area contributed by atoms with Gasteiger partial charge in [0.1, 0.15) is 29.9 Å². The molecular weight excluding hydrogens is 306 g/mol. The second-order valence-electron chi connectivity index (χ2n) is 5.60. The highest BCUT2D eigenvalue weighted by atomic mass is 15.2. The van der Waals surface area contributed by atoms with Gasteiger partial charge in [0.2, 0.25) is 0 Å². The third-order valence-electron chi connectivity index (χ3n) is 3.81. The maximum Gasteiger partial charge on any atom is 0.158 e. The van der Waals surface area contributed by atoms with Crippen LogP contribution >= 0.6 is 0 Å². The minimum atomic E-state index is 0.270. The summed E-state index contributed by atoms with van der Waals surface area (Å²) in [7, 11) is 0. The number of nitrogens with zero attached hydrogens (tertiary/aromatic N) is 6. The smallest absolute Gasteiger partial charge is 0.158 e. The molecule has 124 valence electrons. The Hall–Kier alpha value is -2.83. The molecule has 0 bridgehead atoms. The highest BCUT2D eigenvalue weighted by Crippen LogP contribution is 2.14. The summed E-state index contributed by atoms with van der Waals surface area (Å²) in [4.78, 5) is 18.7. The SMILES string of the molecule is N#Cc1cnc(Nc2cc(NCN3CCC(N)CC3)ncn2)cn1. The van der Waals surface area contributed by atoms with E-state index in [9.17, 15) is 0 Å². The molecule has 0 atom stereocenters. The van der Waals surface area contributed by atoms with Gasteiger partial charge in [-0.3, -0.25) is 4.90 Å². The van der Waals surface area contributed by atoms with Gasteiger partial charge in [-0.15, -0.1) is 0 Å². The highest BCUT2D eigenvalue weighted by Gasteiger charge is 2.15. The molecule has 0 unspecified atom stereocenters. The van der Waals surface area contributed by atoms with E-state index in [0.717, 1.165) is 38.4 Å². The Kier molecular flexibility index (Phi) is 5.10. The molecule has 0 amide bonds. The number of hydrogen-bond acceptors (Lipinski definition) is 9. The zero-order valence-corrected chi connectivity index (χ0v) is 13.2. The van der Waals surface area contributed by atoms with Gasteiger partial charge in [-0.2, -0.15) is 5.26 Å². The van der Waals surface area contributed by atoms with E-state index in [-0.39, 0.29) is 5.69 Å². The lowest BCUT2D eigenvalue weighted by atomic mass is 10.1. The van der Waals surface area contributed by atoms with Crippen LogP contribution < -0.4 is 16.4 Å². The number of rotatable bonds is 5. The molecule has 0 aliphatic carbocycles. The van der Waals surface area contributed by atoms with Gasteiger partial charge in [0, 0.05) is 25.2 Å². The Labute approximate surface area is 140 Å². The number of piperidine rings is 1. The third kappa shape index (κ3) is 4.34. The third-order valence-corrected chi connectivity index (χ3v) is 3.81. The summed E-state index contributed by atoms with van der Waals surface area (Å²) in [6.45, 7) is 2.70. The minimum Gasteiger partial charge on any atom is -0.357 e. The summed E-state index contributed by atoms with van der Waals surface area (Å²) < 4.78 is 0. The van der Waals surface area contributed by atoms with Gasteiger partial charge in [0.15, 0.2) is 5.69 Å². The van der Waals surface area contributed by atoms with E-state index in [0.29, 0.717) is 17.7 Å². The fourth-order valence-corrected chi connectivity index (χ4v) is 2.41. The highest BCUT2D eigenvalue weighted by molar-refractivity contribution is 5.54. The lowest BCUT2D eigenvalue weighted by molar-refractivity contribution is 0.226. The van der Waals surface area contributed by atoms with Gasteiger partial charge in [-0.1, -0.05) is 0 Å². The van der Waals surface area contributed by atoms with E-state index < -0.39 is 0 Å². The van der Waals surface area contributed by atoms with Crippen LogP contribution in [0.2, 0.25) is 0 Å². The number of nitrogens with one attached hydrogen (secondary N) is 2. The second-order valence-corrected chi connectivity index (χ2v) is 5.60. The Morgan fingerprint density at radius 2 is 1.92 bits per heavy atom. The van der Waals surface area contributed by atoms with Crippen LogP contribution in [0.15, 0.2) is 24.8 Å². The van der Waals surface area contributed by atoms with Crippen molar-refractivity contribution in [2.45, 2.75) is 18.9 Å². The fraction of sp³-hybridized carbons (Fsp3) is 0.400. The molecule has 24 heavy (non-hydrogen) atoms. The standard InChI is InChI=1S/C15H19N9/c16-6-12-7-19-15(8-18-12)23-14-5-13(20-9-21-14)22-10-24-3-1-11(17)2-4-24/h5,7-9,11H,1-4,10,17H2,(H2,19,20,21,22,23). The quantitative estimate of drug-likeness (QED) is 0.726. The van der Waals surface area contributed by atoms with E-state index in [2.05, 4.69) is 35.5 Å². The van der Waals surface area contributed by atoms with Crippen LogP contribution in [0.3, 0.4) is 0 Å². The van der Waals surface area contributed by atoms with Gasteiger partial charge in [-0.05, 0) is 12.8 Å². The summed E-state index contributed by atoms with van der Waals surface area (Å²) in [5.41, 5.74) is 6.18. The van der Waals surface area contributed by atoms with E-state index in [1.54, 1.807) is 6.07 Å². The Morgan fingerprint density at radius 1 is 1.12 bits per heavy atom. The van der Waals surface area contributed by atoms with Crippen LogP contribution in [0.4, 0.5) is 17.5 Å². The number of nitrogens with two attached hydrogens (primary N) is 1. The van der Waals surface area contributed by atoms with Gasteiger partial charge in [0.05, 0.1) is 19.1 Å². The van der Waals surface area contributed by atoms with Crippen LogP contribution in [0.1, 0.15) is 18.5 Å². The maximum atomic E-state index is 8.72. The normalized spacial score (nSPS) is 15.7. The van der Waals surface area contributed by atoms with Crippen molar-refractivity contribution < 1.29 is 0 Å². The van der Waals surface area contributed by atoms with Crippen molar-refractivity contribution in [2.24, 2.45) is 5.73 Å². The molecule has 1 aliphatic rings. The van der Waals surface area contributed by atoms with Crippen molar-refractivity contribution in [3.63, 3.8) is 0 Å². The number of nitriles is 1. The molecule has 0 radical (unpaired) electrons. The minimum absolute atomic E-state index is 0.270. The molecule has 0 saturated carbocycles. The average molecular weight is 325 g/mol. The van der Waals surface area contributed by atoms with Crippen molar-refractivity contribution in [3.05, 3.63) is 30.5 Å². The van der Waals surface area contributed by atoms with E-state index in [4.69, 9.17) is 11.0 Å². The molecule has 1 saturated heterocycles. The van der Waals surface area contributed by atoms with Crippen molar-refractivity contribution in [1.82, 2.24) is 24.8 Å². The lowest BCUT2D eigenvalue weighted by Crippen LogP contribution is -2.41. The summed E-state index contributed by atoms with van der Waals surface area (Å²) >= 11 is 0. The van der Waals surface area contributed by atoms with Crippen molar-refractivity contribution in [1.29, 1.82) is 5.26 Å². The average Bonchev–Trinajstić information content (AvgIpc) is 2.62. The summed E-state index contributed by atoms with van der Waals surface area (Å²) in [5, 5.41) is 15.0. The Balaban J connectivity index is 1.56. The molecule has 0 spiro atoms. The second kappa shape index (κ2) is 7.63. The first-order valence-electron chi connectivity index (χ1n) is 7.76. The van der Waals surface area contributed by atoms with E-state index >= 15 is 0 Å². The van der Waals surface area contributed by atoms with E-state index in [1.807, 2.05) is 6.07 Å². The van der Waals surface area contributed by atoms with Crippen LogP contribution in [0.5, 0.6) is 0 Å². The number of anilines is 3. The first-order valence-corrected chi connectivity index (χ1v) is 7.76. The molecule has 3 rings (SSSR count). The van der Waals surface area contributed by atoms with Gasteiger partial charge < -0.3 is 16.4 Å². The largest absolute Gasteiger partial charge is 0.357 e. The van der Waals surface area contributed by atoms with Crippen LogP contribution in [0.25, 0.3) is 0 Å². The molecule has 1 fully saturated rings. The van der Waals surface area contributed by atoms with Crippen LogP contribution in [-0.2, 0) is 0 Å². The van der Waals surface area contributed by atoms with Crippen molar-refractivity contribution in [2.75, 3.05) is 30.4 Å². The molecule has 0 aromatic carbocycles. The Bertz CT molecular complexity index is 702. The monoisotopic (exact) mass is 325 g/mol. The molecule has 1 aliphatic heterocycles. The first kappa shape index (κ1) is 16.0. The molecule has 3 heterocycles. The first-order chi connectivity index (χ1) is 11.7. The molecule has 9 heteroatoms. The van der Waals surface area contributed by atoms with Gasteiger partial charge in [0.25, 0.3) is 0 Å². The topological polar surface area (TPSA) is 129 Å². The lowest BCUT2D eigenvalue weighted by Gasteiger charge is -2.30. The number of likely N-dealkylation sites (tertiary alicyclic amines) is 1. The summed E-state index contributed by atoms with van der Waals surface area (Å²) in [6.07, 6.45) is 6.42. The van der Waals surface area contributed by atoms with Gasteiger partial charge in [-0.25, -0.2) is 19.9 Å². The number of hydrogen-bond donors (Lipinski definition) is 3. The molecule has 4 N–H and O–H groups in total. The maximum absolute atomic E-state index is 8.72. The Morgan fingerprint density at radius 3 is 2.62 bits per heavy atom. The molecule has 9 nitrogen and oxygen atoms in total. The predicted octanol–water partition coefficient (Wildman–Crippen LogP) is 0.674. The van der Waals surface area contributed by atoms with Crippen molar-refractivity contribution >= 4 is 17.5 Å². The predicted molar refractivity (Wildman–Crippen MR) is 89.3 cm³/mol. The van der Waals surface area contributed by atoms with E-state index in [1.165, 1.54) is 18.7 Å². The molecular formula is C15H19N9. The van der Waals surface area contributed by atoms with Crippen LogP contribution in [-0.4, -0.2) is 50.6 Å².